The Hall–Kier alpha value is -5.01. The van der Waals surface area contributed by atoms with Crippen molar-refractivity contribution >= 4 is 28.9 Å². The zero-order chi connectivity index (χ0) is 40.1. The van der Waals surface area contributed by atoms with Gasteiger partial charge in [-0.15, -0.1) is 0 Å². The van der Waals surface area contributed by atoms with Crippen molar-refractivity contribution in [2.45, 2.75) is 102 Å². The number of rotatable bonds is 15. The summed E-state index contributed by atoms with van der Waals surface area (Å²) in [7, 11) is 0. The van der Waals surface area contributed by atoms with Crippen molar-refractivity contribution in [3.63, 3.8) is 0 Å². The Morgan fingerprint density at radius 2 is 1.71 bits per heavy atom. The first-order valence-corrected chi connectivity index (χ1v) is 21.6. The number of aliphatic carboxylic acids is 1. The van der Waals surface area contributed by atoms with E-state index in [0.717, 1.165) is 73.5 Å². The minimum atomic E-state index is -1.08. The predicted molar refractivity (Wildman–Crippen MR) is 233 cm³/mol. The fraction of sp³-hybridized carbons (Fsp3) is 0.400. The van der Waals surface area contributed by atoms with Gasteiger partial charge >= 0.3 is 5.97 Å². The quantitative estimate of drug-likeness (QED) is 0.0971. The van der Waals surface area contributed by atoms with E-state index in [1.165, 1.54) is 40.8 Å². The van der Waals surface area contributed by atoms with Gasteiger partial charge in [0.25, 0.3) is 0 Å². The first-order valence-electron chi connectivity index (χ1n) is 21.2. The van der Waals surface area contributed by atoms with Gasteiger partial charge in [0.1, 0.15) is 23.6 Å². The molecule has 1 spiro atoms. The van der Waals surface area contributed by atoms with Gasteiger partial charge in [-0.3, -0.25) is 4.98 Å². The Balaban J connectivity index is 0.995. The van der Waals surface area contributed by atoms with Crippen molar-refractivity contribution in [1.82, 2.24) is 4.98 Å². The number of hydrogen-bond acceptors (Lipinski definition) is 6. The summed E-state index contributed by atoms with van der Waals surface area (Å²) in [5, 5.41) is 18.3. The van der Waals surface area contributed by atoms with Gasteiger partial charge in [0.15, 0.2) is 0 Å². The lowest BCUT2D eigenvalue weighted by Crippen LogP contribution is -2.53. The predicted octanol–water partition coefficient (Wildman–Crippen LogP) is 11.4. The normalized spacial score (nSPS) is 22.7. The summed E-state index contributed by atoms with van der Waals surface area (Å²) >= 11 is 6.33. The van der Waals surface area contributed by atoms with Gasteiger partial charge in [0, 0.05) is 40.4 Å². The van der Waals surface area contributed by atoms with Crippen molar-refractivity contribution in [1.29, 1.82) is 0 Å². The van der Waals surface area contributed by atoms with Crippen LogP contribution in [0.15, 0.2) is 109 Å². The molecule has 3 aliphatic rings. The average molecular weight is 798 g/mol. The Labute approximate surface area is 348 Å². The van der Waals surface area contributed by atoms with Crippen LogP contribution in [0.1, 0.15) is 98.2 Å². The Bertz CT molecular complexity index is 2200. The lowest BCUT2D eigenvalue weighted by atomic mass is 9.59. The van der Waals surface area contributed by atoms with E-state index in [1.54, 1.807) is 0 Å². The van der Waals surface area contributed by atoms with Crippen LogP contribution in [0.25, 0.3) is 0 Å². The molecule has 302 valence electrons. The molecule has 8 heteroatoms. The summed E-state index contributed by atoms with van der Waals surface area (Å²) in [6, 6.07) is 35.0. The van der Waals surface area contributed by atoms with E-state index in [4.69, 9.17) is 26.1 Å². The molecule has 0 radical (unpaired) electrons. The van der Waals surface area contributed by atoms with Gasteiger partial charge in [0.05, 0.1) is 6.61 Å². The monoisotopic (exact) mass is 797 g/mol. The van der Waals surface area contributed by atoms with Crippen LogP contribution in [0, 0.1) is 11.8 Å². The molecule has 0 bridgehead atoms. The smallest absolute Gasteiger partial charge is 0.329 e. The van der Waals surface area contributed by atoms with Gasteiger partial charge in [-0.05, 0) is 158 Å². The number of ether oxygens (including phenoxy) is 2. The minimum Gasteiger partial charge on any atom is -0.493 e. The molecule has 5 aromatic rings. The molecule has 8 rings (SSSR count). The summed E-state index contributed by atoms with van der Waals surface area (Å²) in [4.78, 5) is 17.8. The number of halogens is 1. The third-order valence-corrected chi connectivity index (χ3v) is 13.4. The number of carboxylic acids is 1. The molecule has 0 amide bonds. The molecule has 1 aromatic heterocycles. The summed E-state index contributed by atoms with van der Waals surface area (Å²) < 4.78 is 13.2. The maximum atomic E-state index is 13.1. The Kier molecular flexibility index (Phi) is 12.0. The second kappa shape index (κ2) is 17.5. The first-order chi connectivity index (χ1) is 28.2. The third kappa shape index (κ3) is 8.70. The van der Waals surface area contributed by atoms with Crippen LogP contribution in [0.5, 0.6) is 11.5 Å². The molecule has 58 heavy (non-hydrogen) atoms. The van der Waals surface area contributed by atoms with Gasteiger partial charge in [-0.25, -0.2) is 4.79 Å². The van der Waals surface area contributed by atoms with E-state index < -0.39 is 11.5 Å². The van der Waals surface area contributed by atoms with E-state index >= 15 is 0 Å². The van der Waals surface area contributed by atoms with Crippen molar-refractivity contribution in [2.75, 3.05) is 23.8 Å². The van der Waals surface area contributed by atoms with E-state index in [-0.39, 0.29) is 5.41 Å². The lowest BCUT2D eigenvalue weighted by molar-refractivity contribution is -0.144. The Morgan fingerprint density at radius 1 is 0.914 bits per heavy atom. The zero-order valence-corrected chi connectivity index (χ0v) is 34.6. The van der Waals surface area contributed by atoms with Crippen molar-refractivity contribution in [3.8, 4) is 11.5 Å². The fourth-order valence-electron chi connectivity index (χ4n) is 10.1. The molecule has 0 saturated heterocycles. The van der Waals surface area contributed by atoms with Gasteiger partial charge in [-0.2, -0.15) is 0 Å². The molecular weight excluding hydrogens is 742 g/mol. The summed E-state index contributed by atoms with van der Waals surface area (Å²) in [5.74, 6) is 2.12. The highest BCUT2D eigenvalue weighted by atomic mass is 35.5. The lowest BCUT2D eigenvalue weighted by Gasteiger charge is -2.47. The number of nitrogens with zero attached hydrogens (tertiary/aromatic N) is 1. The Morgan fingerprint density at radius 3 is 2.52 bits per heavy atom. The molecule has 0 aliphatic heterocycles. The molecule has 1 fully saturated rings. The standard InChI is InChI=1S/C50H56ClN3O4/c1-34(32-58-46-20-26-53-45-16-6-9-35(2)47(45)46)27-39-29-38-17-18-43(57-33-37-12-7-14-41(28-37)52-25-19-36-10-4-3-5-11-36)31-44(38)49(39)21-23-50(24-22-49,48(55)56)54-42-15-8-13-40(51)30-42/h3-5,7-8,10-15,17-18,20,26,28,30-31,34-35,39,52,54H,6,9,16,19,21-25,27,29,32-33H2,1-2H3,(H,55,56)/t34-,35-,39?,49?,50?/m1/s1. The molecule has 1 heterocycles. The van der Waals surface area contributed by atoms with Gasteiger partial charge in [-0.1, -0.05) is 80.0 Å². The number of fused-ring (bicyclic) bond motifs is 3. The van der Waals surface area contributed by atoms with Gasteiger partial charge in [0.2, 0.25) is 0 Å². The number of carbonyl (C=O) groups is 1. The second-order valence-corrected chi connectivity index (χ2v) is 17.6. The maximum Gasteiger partial charge on any atom is 0.329 e. The number of benzene rings is 4. The highest BCUT2D eigenvalue weighted by molar-refractivity contribution is 6.30. The molecule has 3 atom stereocenters. The first kappa shape index (κ1) is 39.8. The molecule has 7 nitrogen and oxygen atoms in total. The SMILES string of the molecule is C[C@@H](COc1ccnc2c1[C@H](C)CCC2)CC1Cc2ccc(OCc3cccc(NCCc4ccccc4)c3)cc2C12CCC(Nc1cccc(Cl)c1)(C(=O)O)CC2. The van der Waals surface area contributed by atoms with Crippen molar-refractivity contribution in [3.05, 3.63) is 148 Å². The van der Waals surface area contributed by atoms with Crippen molar-refractivity contribution < 1.29 is 19.4 Å². The van der Waals surface area contributed by atoms with E-state index in [9.17, 15) is 9.90 Å². The largest absolute Gasteiger partial charge is 0.493 e. The number of nitrogens with one attached hydrogen (secondary N) is 2. The maximum absolute atomic E-state index is 13.1. The van der Waals surface area contributed by atoms with Crippen LogP contribution in [-0.4, -0.2) is 34.8 Å². The molecule has 1 unspecified atom stereocenters. The minimum absolute atomic E-state index is 0.176. The summed E-state index contributed by atoms with van der Waals surface area (Å²) in [6.07, 6.45) is 10.7. The molecule has 3 N–H and O–H groups in total. The van der Waals surface area contributed by atoms with Crippen LogP contribution >= 0.6 is 11.6 Å². The number of aryl methyl sites for hydroxylation is 1. The van der Waals surface area contributed by atoms with E-state index in [1.807, 2.05) is 42.6 Å². The number of anilines is 2. The topological polar surface area (TPSA) is 92.7 Å². The average Bonchev–Trinajstić information content (AvgIpc) is 3.51. The molecule has 3 aliphatic carbocycles. The summed E-state index contributed by atoms with van der Waals surface area (Å²) in [5.41, 5.74) is 8.12. The summed E-state index contributed by atoms with van der Waals surface area (Å²) in [6.45, 7) is 6.54. The number of aromatic nitrogens is 1. The fourth-order valence-corrected chi connectivity index (χ4v) is 10.3. The third-order valence-electron chi connectivity index (χ3n) is 13.2. The van der Waals surface area contributed by atoms with Crippen molar-refractivity contribution in [2.24, 2.45) is 11.8 Å². The van der Waals surface area contributed by atoms with E-state index in [2.05, 4.69) is 91.2 Å². The number of carboxylic acid groups (broad SMARTS) is 1. The van der Waals surface area contributed by atoms with Crippen LogP contribution < -0.4 is 20.1 Å². The number of pyridine rings is 1. The second-order valence-electron chi connectivity index (χ2n) is 17.2. The van der Waals surface area contributed by atoms with Crippen LogP contribution in [0.2, 0.25) is 5.02 Å². The van der Waals surface area contributed by atoms with Crippen LogP contribution in [-0.2, 0) is 36.1 Å². The highest BCUT2D eigenvalue weighted by Crippen LogP contribution is 2.57. The zero-order valence-electron chi connectivity index (χ0n) is 33.8. The number of hydrogen-bond donors (Lipinski definition) is 3. The van der Waals surface area contributed by atoms with Gasteiger partial charge < -0.3 is 25.2 Å². The molecule has 1 saturated carbocycles. The highest BCUT2D eigenvalue weighted by Gasteiger charge is 2.54. The van der Waals surface area contributed by atoms with Crippen LogP contribution in [0.3, 0.4) is 0 Å². The molecular formula is C50H56ClN3O4. The van der Waals surface area contributed by atoms with Crippen LogP contribution in [0.4, 0.5) is 11.4 Å². The van der Waals surface area contributed by atoms with E-state index in [0.29, 0.717) is 48.8 Å². The molecule has 4 aromatic carbocycles.